The van der Waals surface area contributed by atoms with E-state index in [4.69, 9.17) is 0 Å². The molecule has 0 radical (unpaired) electrons. The predicted octanol–water partition coefficient (Wildman–Crippen LogP) is 0.625. The van der Waals surface area contributed by atoms with Gasteiger partial charge in [-0.3, -0.25) is 14.6 Å². The molecule has 5 nitrogen and oxygen atoms in total. The van der Waals surface area contributed by atoms with Gasteiger partial charge in [-0.25, -0.2) is 0 Å². The van der Waals surface area contributed by atoms with Crippen LogP contribution in [0.1, 0.15) is 25.1 Å². The highest BCUT2D eigenvalue weighted by Gasteiger charge is 2.35. The fourth-order valence-corrected chi connectivity index (χ4v) is 2.04. The molecule has 2 atom stereocenters. The number of pyridine rings is 1. The molecule has 18 heavy (non-hydrogen) atoms. The second-order valence-electron chi connectivity index (χ2n) is 4.64. The standard InChI is InChI=1S/C13H17N3O2/c1-8-5-4-6-14-11(8)7-16-10(3)12(17)15-9(2)13(16)18/h4-6,9-10H,7H2,1-3H3,(H,15,17). The van der Waals surface area contributed by atoms with Crippen molar-refractivity contribution in [3.05, 3.63) is 29.6 Å². The maximum absolute atomic E-state index is 12.1. The number of carbonyl (C=O) groups is 2. The summed E-state index contributed by atoms with van der Waals surface area (Å²) in [5.41, 5.74) is 1.86. The zero-order chi connectivity index (χ0) is 13.3. The number of aromatic nitrogens is 1. The van der Waals surface area contributed by atoms with Crippen molar-refractivity contribution in [2.45, 2.75) is 39.4 Å². The molecule has 1 aromatic rings. The lowest BCUT2D eigenvalue weighted by atomic mass is 10.1. The molecule has 0 bridgehead atoms. The molecule has 1 aromatic heterocycles. The van der Waals surface area contributed by atoms with Gasteiger partial charge in [0.1, 0.15) is 12.1 Å². The molecule has 1 fully saturated rings. The fourth-order valence-electron chi connectivity index (χ4n) is 2.04. The van der Waals surface area contributed by atoms with E-state index in [0.29, 0.717) is 6.54 Å². The van der Waals surface area contributed by atoms with Gasteiger partial charge < -0.3 is 10.2 Å². The first kappa shape index (κ1) is 12.5. The van der Waals surface area contributed by atoms with Crippen molar-refractivity contribution in [3.8, 4) is 0 Å². The third-order valence-corrected chi connectivity index (χ3v) is 3.30. The SMILES string of the molecule is Cc1cccnc1CN1C(=O)C(C)NC(=O)C1C. The van der Waals surface area contributed by atoms with Crippen molar-refractivity contribution in [1.82, 2.24) is 15.2 Å². The molecule has 0 spiro atoms. The number of hydrogen-bond donors (Lipinski definition) is 1. The number of nitrogens with zero attached hydrogens (tertiary/aromatic N) is 2. The lowest BCUT2D eigenvalue weighted by Gasteiger charge is -2.36. The minimum atomic E-state index is -0.460. The molecule has 2 rings (SSSR count). The van der Waals surface area contributed by atoms with Gasteiger partial charge in [-0.1, -0.05) is 6.07 Å². The monoisotopic (exact) mass is 247 g/mol. The van der Waals surface area contributed by atoms with Crippen LogP contribution >= 0.6 is 0 Å². The lowest BCUT2D eigenvalue weighted by Crippen LogP contribution is -2.61. The minimum absolute atomic E-state index is 0.0628. The van der Waals surface area contributed by atoms with Gasteiger partial charge in [0, 0.05) is 6.20 Å². The summed E-state index contributed by atoms with van der Waals surface area (Å²) < 4.78 is 0. The number of amides is 2. The Morgan fingerprint density at radius 1 is 1.39 bits per heavy atom. The molecule has 2 unspecified atom stereocenters. The summed E-state index contributed by atoms with van der Waals surface area (Å²) in [6, 6.07) is 2.90. The minimum Gasteiger partial charge on any atom is -0.343 e. The first-order chi connectivity index (χ1) is 8.50. The third-order valence-electron chi connectivity index (χ3n) is 3.30. The van der Waals surface area contributed by atoms with E-state index in [9.17, 15) is 9.59 Å². The van der Waals surface area contributed by atoms with Crippen molar-refractivity contribution in [2.24, 2.45) is 0 Å². The van der Waals surface area contributed by atoms with E-state index in [1.165, 1.54) is 0 Å². The second kappa shape index (κ2) is 4.76. The summed E-state index contributed by atoms with van der Waals surface area (Å²) >= 11 is 0. The molecule has 2 heterocycles. The zero-order valence-electron chi connectivity index (χ0n) is 10.8. The van der Waals surface area contributed by atoms with Crippen molar-refractivity contribution >= 4 is 11.8 Å². The molecule has 1 saturated heterocycles. The van der Waals surface area contributed by atoms with Gasteiger partial charge in [0.2, 0.25) is 11.8 Å². The summed E-state index contributed by atoms with van der Waals surface area (Å²) in [7, 11) is 0. The summed E-state index contributed by atoms with van der Waals surface area (Å²) in [5, 5.41) is 2.66. The average molecular weight is 247 g/mol. The van der Waals surface area contributed by atoms with Crippen LogP contribution in [-0.2, 0) is 16.1 Å². The zero-order valence-corrected chi connectivity index (χ0v) is 10.8. The van der Waals surface area contributed by atoms with Crippen LogP contribution in [0.15, 0.2) is 18.3 Å². The maximum Gasteiger partial charge on any atom is 0.245 e. The van der Waals surface area contributed by atoms with Gasteiger partial charge in [-0.2, -0.15) is 0 Å². The van der Waals surface area contributed by atoms with Crippen molar-refractivity contribution in [2.75, 3.05) is 0 Å². The van der Waals surface area contributed by atoms with Crippen LogP contribution in [-0.4, -0.2) is 33.8 Å². The van der Waals surface area contributed by atoms with Crippen molar-refractivity contribution < 1.29 is 9.59 Å². The Labute approximate surface area is 106 Å². The van der Waals surface area contributed by atoms with E-state index in [1.807, 2.05) is 19.1 Å². The van der Waals surface area contributed by atoms with Crippen LogP contribution < -0.4 is 5.32 Å². The highest BCUT2D eigenvalue weighted by Crippen LogP contribution is 2.15. The summed E-state index contributed by atoms with van der Waals surface area (Å²) in [5.74, 6) is -0.178. The van der Waals surface area contributed by atoms with E-state index < -0.39 is 12.1 Å². The number of rotatable bonds is 2. The maximum atomic E-state index is 12.1. The normalized spacial score (nSPS) is 24.1. The molecule has 2 amide bonds. The topological polar surface area (TPSA) is 62.3 Å². The molecule has 0 aromatic carbocycles. The molecule has 0 aliphatic carbocycles. The largest absolute Gasteiger partial charge is 0.343 e. The van der Waals surface area contributed by atoms with Crippen LogP contribution in [0.25, 0.3) is 0 Å². The molecule has 5 heteroatoms. The Kier molecular flexibility index (Phi) is 3.32. The van der Waals surface area contributed by atoms with E-state index in [2.05, 4.69) is 10.3 Å². The van der Waals surface area contributed by atoms with Gasteiger partial charge in [0.05, 0.1) is 12.2 Å². The number of hydrogen-bond acceptors (Lipinski definition) is 3. The van der Waals surface area contributed by atoms with Gasteiger partial charge in [0.15, 0.2) is 0 Å². The Hall–Kier alpha value is -1.91. The lowest BCUT2D eigenvalue weighted by molar-refractivity contribution is -0.148. The molecule has 0 saturated carbocycles. The van der Waals surface area contributed by atoms with E-state index in [1.54, 1.807) is 24.9 Å². The molecule has 1 N–H and O–H groups in total. The average Bonchev–Trinajstić information content (AvgIpc) is 2.34. The van der Waals surface area contributed by atoms with E-state index in [0.717, 1.165) is 11.3 Å². The first-order valence-corrected chi connectivity index (χ1v) is 6.02. The Morgan fingerprint density at radius 3 is 2.78 bits per heavy atom. The second-order valence-corrected chi connectivity index (χ2v) is 4.64. The molecule has 1 aliphatic rings. The third kappa shape index (κ3) is 2.20. The van der Waals surface area contributed by atoms with Gasteiger partial charge in [0.25, 0.3) is 0 Å². The van der Waals surface area contributed by atoms with Crippen molar-refractivity contribution in [3.63, 3.8) is 0 Å². The Morgan fingerprint density at radius 2 is 2.11 bits per heavy atom. The highest BCUT2D eigenvalue weighted by molar-refractivity contribution is 5.96. The molecule has 96 valence electrons. The predicted molar refractivity (Wildman–Crippen MR) is 66.6 cm³/mol. The van der Waals surface area contributed by atoms with Crippen LogP contribution in [0.4, 0.5) is 0 Å². The number of aryl methyl sites for hydroxylation is 1. The van der Waals surface area contributed by atoms with E-state index >= 15 is 0 Å². The number of nitrogens with one attached hydrogen (secondary N) is 1. The molecular weight excluding hydrogens is 230 g/mol. The van der Waals surface area contributed by atoms with Gasteiger partial charge >= 0.3 is 0 Å². The van der Waals surface area contributed by atoms with Crippen LogP contribution in [0.2, 0.25) is 0 Å². The summed E-state index contributed by atoms with van der Waals surface area (Å²) in [6.45, 7) is 5.76. The smallest absolute Gasteiger partial charge is 0.245 e. The summed E-state index contributed by atoms with van der Waals surface area (Å²) in [4.78, 5) is 29.6. The van der Waals surface area contributed by atoms with Crippen LogP contribution in [0.5, 0.6) is 0 Å². The van der Waals surface area contributed by atoms with E-state index in [-0.39, 0.29) is 11.8 Å². The van der Waals surface area contributed by atoms with Gasteiger partial charge in [-0.05, 0) is 32.4 Å². The molecule has 1 aliphatic heterocycles. The van der Waals surface area contributed by atoms with Crippen molar-refractivity contribution in [1.29, 1.82) is 0 Å². The number of carbonyl (C=O) groups excluding carboxylic acids is 2. The fraction of sp³-hybridized carbons (Fsp3) is 0.462. The number of piperazine rings is 1. The quantitative estimate of drug-likeness (QED) is 0.833. The first-order valence-electron chi connectivity index (χ1n) is 6.02. The Balaban J connectivity index is 2.23. The van der Waals surface area contributed by atoms with Gasteiger partial charge in [-0.15, -0.1) is 0 Å². The van der Waals surface area contributed by atoms with Crippen LogP contribution in [0.3, 0.4) is 0 Å². The molecular formula is C13H17N3O2. The van der Waals surface area contributed by atoms with Crippen LogP contribution in [0, 0.1) is 6.92 Å². The highest BCUT2D eigenvalue weighted by atomic mass is 16.2. The Bertz CT molecular complexity index is 487. The summed E-state index contributed by atoms with van der Waals surface area (Å²) in [6.07, 6.45) is 1.70.